The molecule has 2 rings (SSSR count). The molecule has 0 saturated heterocycles. The van der Waals surface area contributed by atoms with Gasteiger partial charge in [-0.1, -0.05) is 0 Å². The van der Waals surface area contributed by atoms with Gasteiger partial charge in [-0.15, -0.1) is 0 Å². The van der Waals surface area contributed by atoms with Crippen molar-refractivity contribution in [3.8, 4) is 0 Å². The molecule has 18 heavy (non-hydrogen) atoms. The summed E-state index contributed by atoms with van der Waals surface area (Å²) in [6, 6.07) is 4.77. The van der Waals surface area contributed by atoms with E-state index in [0.717, 1.165) is 4.90 Å². The molecule has 1 aromatic carbocycles. The van der Waals surface area contributed by atoms with Gasteiger partial charge in [0.25, 0.3) is 0 Å². The average molecular weight is 247 g/mol. The highest BCUT2D eigenvalue weighted by atomic mass is 16.5. The maximum Gasteiger partial charge on any atom is 0.338 e. The lowest BCUT2D eigenvalue weighted by atomic mass is 10.1. The molecular formula is C13H13NO4. The maximum absolute atomic E-state index is 11.7. The van der Waals surface area contributed by atoms with Gasteiger partial charge in [-0.2, -0.15) is 0 Å². The summed E-state index contributed by atoms with van der Waals surface area (Å²) in [5.74, 6) is -1.00. The highest BCUT2D eigenvalue weighted by Crippen LogP contribution is 2.29. The molecule has 0 unspecified atom stereocenters. The van der Waals surface area contributed by atoms with Crippen LogP contribution < -0.4 is 4.90 Å². The first-order valence-corrected chi connectivity index (χ1v) is 5.68. The van der Waals surface area contributed by atoms with Gasteiger partial charge >= 0.3 is 5.97 Å². The maximum atomic E-state index is 11.7. The van der Waals surface area contributed by atoms with Gasteiger partial charge in [0.05, 0.1) is 24.3 Å². The molecule has 0 spiro atoms. The summed E-state index contributed by atoms with van der Waals surface area (Å²) in [5.41, 5.74) is 1.63. The van der Waals surface area contributed by atoms with Crippen molar-refractivity contribution in [2.24, 2.45) is 0 Å². The highest BCUT2D eigenvalue weighted by Gasteiger charge is 2.30. The van der Waals surface area contributed by atoms with E-state index in [1.807, 2.05) is 0 Å². The molecule has 5 nitrogen and oxygen atoms in total. The van der Waals surface area contributed by atoms with Crippen LogP contribution in [0.5, 0.6) is 0 Å². The topological polar surface area (TPSA) is 63.7 Å². The molecule has 1 aliphatic rings. The lowest BCUT2D eigenvalue weighted by Gasteiger charge is -2.12. The van der Waals surface area contributed by atoms with Crippen molar-refractivity contribution in [2.75, 3.05) is 11.5 Å². The molecule has 1 aromatic rings. The molecule has 1 heterocycles. The van der Waals surface area contributed by atoms with Gasteiger partial charge in [-0.05, 0) is 30.7 Å². The number of benzene rings is 1. The lowest BCUT2D eigenvalue weighted by molar-refractivity contribution is -0.124. The molecular weight excluding hydrogens is 234 g/mol. The normalized spacial score (nSPS) is 13.4. The molecule has 0 saturated carbocycles. The van der Waals surface area contributed by atoms with Crippen molar-refractivity contribution in [2.45, 2.75) is 20.3 Å². The van der Waals surface area contributed by atoms with E-state index in [2.05, 4.69) is 0 Å². The molecule has 0 fully saturated rings. The number of rotatable bonds is 2. The molecule has 0 atom stereocenters. The number of hydrogen-bond acceptors (Lipinski definition) is 4. The average Bonchev–Trinajstić information content (AvgIpc) is 2.63. The quantitative estimate of drug-likeness (QED) is 0.739. The van der Waals surface area contributed by atoms with Crippen molar-refractivity contribution in [3.63, 3.8) is 0 Å². The summed E-state index contributed by atoms with van der Waals surface area (Å²) < 4.78 is 4.88. The van der Waals surface area contributed by atoms with Crippen molar-refractivity contribution in [3.05, 3.63) is 29.3 Å². The van der Waals surface area contributed by atoms with E-state index in [1.165, 1.54) is 6.92 Å². The fourth-order valence-corrected chi connectivity index (χ4v) is 2.01. The van der Waals surface area contributed by atoms with E-state index < -0.39 is 5.97 Å². The van der Waals surface area contributed by atoms with E-state index in [0.29, 0.717) is 23.4 Å². The highest BCUT2D eigenvalue weighted by molar-refractivity contribution is 6.18. The number of ether oxygens (including phenoxy) is 1. The Labute approximate surface area is 104 Å². The number of hydrogen-bond donors (Lipinski definition) is 0. The number of fused-ring (bicyclic) bond motifs is 1. The van der Waals surface area contributed by atoms with E-state index >= 15 is 0 Å². The first-order chi connectivity index (χ1) is 8.54. The number of imide groups is 1. The predicted molar refractivity (Wildman–Crippen MR) is 64.3 cm³/mol. The number of amides is 2. The van der Waals surface area contributed by atoms with Gasteiger partial charge in [0.1, 0.15) is 0 Å². The van der Waals surface area contributed by atoms with Crippen LogP contribution in [0.1, 0.15) is 29.8 Å². The van der Waals surface area contributed by atoms with E-state index in [1.54, 1.807) is 25.1 Å². The number of esters is 1. The molecule has 94 valence electrons. The van der Waals surface area contributed by atoms with E-state index in [-0.39, 0.29) is 18.2 Å². The van der Waals surface area contributed by atoms with Crippen LogP contribution in [0.15, 0.2) is 18.2 Å². The second kappa shape index (κ2) is 4.60. The summed E-state index contributed by atoms with van der Waals surface area (Å²) in [7, 11) is 0. The zero-order valence-corrected chi connectivity index (χ0v) is 10.2. The first-order valence-electron chi connectivity index (χ1n) is 5.68. The standard InChI is InChI=1S/C13H13NO4/c1-3-18-13(17)9-4-5-11-10(6-9)7-12(16)14(11)8(2)15/h4-6H,3,7H2,1-2H3. The van der Waals surface area contributed by atoms with Crippen molar-refractivity contribution in [1.29, 1.82) is 0 Å². The molecule has 0 aliphatic carbocycles. The minimum absolute atomic E-state index is 0.141. The summed E-state index contributed by atoms with van der Waals surface area (Å²) in [4.78, 5) is 35.7. The minimum atomic E-state index is -0.422. The fraction of sp³-hybridized carbons (Fsp3) is 0.308. The van der Waals surface area contributed by atoms with Gasteiger partial charge < -0.3 is 4.74 Å². The third-order valence-corrected chi connectivity index (χ3v) is 2.74. The van der Waals surface area contributed by atoms with Crippen LogP contribution in [0.2, 0.25) is 0 Å². The van der Waals surface area contributed by atoms with Gasteiger partial charge in [0.15, 0.2) is 0 Å². The Morgan fingerprint density at radius 3 is 2.72 bits per heavy atom. The Bertz CT molecular complexity index is 536. The van der Waals surface area contributed by atoms with Crippen LogP contribution >= 0.6 is 0 Å². The van der Waals surface area contributed by atoms with Gasteiger partial charge in [0, 0.05) is 6.92 Å². The summed E-state index contributed by atoms with van der Waals surface area (Å²) in [5, 5.41) is 0. The predicted octanol–water partition coefficient (Wildman–Crippen LogP) is 1.30. The zero-order chi connectivity index (χ0) is 13.3. The van der Waals surface area contributed by atoms with E-state index in [4.69, 9.17) is 4.74 Å². The molecule has 0 aromatic heterocycles. The first kappa shape index (κ1) is 12.3. The Balaban J connectivity index is 2.36. The monoisotopic (exact) mass is 247 g/mol. The van der Waals surface area contributed by atoms with Crippen LogP contribution in [0, 0.1) is 0 Å². The van der Waals surface area contributed by atoms with Crippen LogP contribution in [0.4, 0.5) is 5.69 Å². The summed E-state index contributed by atoms with van der Waals surface area (Å²) in [6.45, 7) is 3.37. The van der Waals surface area contributed by atoms with Crippen molar-refractivity contribution >= 4 is 23.5 Å². The van der Waals surface area contributed by atoms with Gasteiger partial charge in [0.2, 0.25) is 11.8 Å². The second-order valence-electron chi connectivity index (χ2n) is 3.99. The van der Waals surface area contributed by atoms with Gasteiger partial charge in [-0.3, -0.25) is 14.5 Å². The molecule has 2 amide bonds. The number of carbonyl (C=O) groups is 3. The largest absolute Gasteiger partial charge is 0.462 e. The SMILES string of the molecule is CCOC(=O)c1ccc2c(c1)CC(=O)N2C(C)=O. The number of nitrogens with zero attached hydrogens (tertiary/aromatic N) is 1. The molecule has 0 radical (unpaired) electrons. The molecule has 0 N–H and O–H groups in total. The van der Waals surface area contributed by atoms with Gasteiger partial charge in [-0.25, -0.2) is 4.79 Å². The third kappa shape index (κ3) is 1.99. The third-order valence-electron chi connectivity index (χ3n) is 2.74. The Morgan fingerprint density at radius 2 is 2.11 bits per heavy atom. The van der Waals surface area contributed by atoms with Crippen LogP contribution in [0.25, 0.3) is 0 Å². The molecule has 1 aliphatic heterocycles. The molecule has 5 heteroatoms. The Hall–Kier alpha value is -2.17. The summed E-state index contributed by atoms with van der Waals surface area (Å²) in [6.07, 6.45) is 0.141. The number of anilines is 1. The van der Waals surface area contributed by atoms with Crippen LogP contribution in [-0.2, 0) is 20.7 Å². The summed E-state index contributed by atoms with van der Waals surface area (Å²) >= 11 is 0. The van der Waals surface area contributed by atoms with Crippen LogP contribution in [-0.4, -0.2) is 24.4 Å². The number of carbonyl (C=O) groups excluding carboxylic acids is 3. The minimum Gasteiger partial charge on any atom is -0.462 e. The van der Waals surface area contributed by atoms with E-state index in [9.17, 15) is 14.4 Å². The molecule has 0 bridgehead atoms. The fourth-order valence-electron chi connectivity index (χ4n) is 2.01. The Morgan fingerprint density at radius 1 is 1.39 bits per heavy atom. The zero-order valence-electron chi connectivity index (χ0n) is 10.2. The van der Waals surface area contributed by atoms with Crippen molar-refractivity contribution in [1.82, 2.24) is 0 Å². The smallest absolute Gasteiger partial charge is 0.338 e. The van der Waals surface area contributed by atoms with Crippen molar-refractivity contribution < 1.29 is 19.1 Å². The Kier molecular flexibility index (Phi) is 3.14. The lowest BCUT2D eigenvalue weighted by Crippen LogP contribution is -2.31. The van der Waals surface area contributed by atoms with Crippen LogP contribution in [0.3, 0.4) is 0 Å². The second-order valence-corrected chi connectivity index (χ2v) is 3.99.